The molecular formula is C12H21NS. The molecule has 1 aliphatic carbocycles. The van der Waals surface area contributed by atoms with Crippen LogP contribution in [0, 0.1) is 0 Å². The second-order valence-corrected chi connectivity index (χ2v) is 5.52. The summed E-state index contributed by atoms with van der Waals surface area (Å²) in [5, 5.41) is 3.67. The fourth-order valence-corrected chi connectivity index (χ4v) is 3.45. The number of thioether (sulfide) groups is 1. The van der Waals surface area contributed by atoms with Gasteiger partial charge in [-0.2, -0.15) is 11.8 Å². The highest BCUT2D eigenvalue weighted by molar-refractivity contribution is 7.99. The minimum atomic E-state index is 0.809. The van der Waals surface area contributed by atoms with Crippen molar-refractivity contribution in [3.63, 3.8) is 0 Å². The number of hydrogen-bond donors (Lipinski definition) is 1. The molecule has 0 radical (unpaired) electrons. The largest absolute Gasteiger partial charge is 0.313 e. The third-order valence-corrected chi connectivity index (χ3v) is 4.36. The van der Waals surface area contributed by atoms with Crippen molar-refractivity contribution in [3.8, 4) is 0 Å². The minimum Gasteiger partial charge on any atom is -0.313 e. The Kier molecular flexibility index (Phi) is 4.39. The zero-order valence-corrected chi connectivity index (χ0v) is 9.74. The standard InChI is InChI=1S/C12H21NS/c1-2-4-11(5-3-1)6-8-13-12-7-9-14-10-12/h4,12-13H,1-3,5-10H2/t12-/m1/s1. The predicted molar refractivity (Wildman–Crippen MR) is 64.9 cm³/mol. The van der Waals surface area contributed by atoms with Crippen LogP contribution >= 0.6 is 11.8 Å². The highest BCUT2D eigenvalue weighted by atomic mass is 32.2. The van der Waals surface area contributed by atoms with E-state index in [0.29, 0.717) is 0 Å². The molecule has 2 heteroatoms. The smallest absolute Gasteiger partial charge is 0.0166 e. The minimum absolute atomic E-state index is 0.809. The summed E-state index contributed by atoms with van der Waals surface area (Å²) in [7, 11) is 0. The van der Waals surface area contributed by atoms with Gasteiger partial charge in [-0.1, -0.05) is 11.6 Å². The van der Waals surface area contributed by atoms with Gasteiger partial charge in [0, 0.05) is 11.8 Å². The van der Waals surface area contributed by atoms with Gasteiger partial charge in [0.15, 0.2) is 0 Å². The highest BCUT2D eigenvalue weighted by Crippen LogP contribution is 2.20. The lowest BCUT2D eigenvalue weighted by atomic mass is 9.97. The summed E-state index contributed by atoms with van der Waals surface area (Å²) in [6.07, 6.45) is 10.7. The summed E-state index contributed by atoms with van der Waals surface area (Å²) < 4.78 is 0. The summed E-state index contributed by atoms with van der Waals surface area (Å²) in [5.74, 6) is 2.69. The van der Waals surface area contributed by atoms with E-state index in [4.69, 9.17) is 0 Å². The van der Waals surface area contributed by atoms with Crippen LogP contribution in [0.4, 0.5) is 0 Å². The lowest BCUT2D eigenvalue weighted by molar-refractivity contribution is 0.549. The summed E-state index contributed by atoms with van der Waals surface area (Å²) >= 11 is 2.09. The molecule has 0 saturated carbocycles. The van der Waals surface area contributed by atoms with E-state index < -0.39 is 0 Å². The van der Waals surface area contributed by atoms with Crippen LogP contribution in [0.3, 0.4) is 0 Å². The van der Waals surface area contributed by atoms with E-state index in [-0.39, 0.29) is 0 Å². The Morgan fingerprint density at radius 2 is 2.43 bits per heavy atom. The van der Waals surface area contributed by atoms with Gasteiger partial charge in [-0.05, 0) is 50.8 Å². The van der Waals surface area contributed by atoms with E-state index in [0.717, 1.165) is 6.04 Å². The normalized spacial score (nSPS) is 27.7. The molecule has 0 unspecified atom stereocenters. The van der Waals surface area contributed by atoms with Gasteiger partial charge in [0.1, 0.15) is 0 Å². The molecule has 0 spiro atoms. The van der Waals surface area contributed by atoms with Gasteiger partial charge in [-0.3, -0.25) is 0 Å². The average Bonchev–Trinajstić information content (AvgIpc) is 2.72. The molecule has 80 valence electrons. The monoisotopic (exact) mass is 211 g/mol. The quantitative estimate of drug-likeness (QED) is 0.718. The van der Waals surface area contributed by atoms with Gasteiger partial charge < -0.3 is 5.32 Å². The van der Waals surface area contributed by atoms with Crippen LogP contribution < -0.4 is 5.32 Å². The van der Waals surface area contributed by atoms with Crippen LogP contribution in [0.2, 0.25) is 0 Å². The van der Waals surface area contributed by atoms with Crippen LogP contribution in [-0.2, 0) is 0 Å². The van der Waals surface area contributed by atoms with Crippen LogP contribution in [0.25, 0.3) is 0 Å². The Morgan fingerprint density at radius 3 is 3.14 bits per heavy atom. The van der Waals surface area contributed by atoms with Crippen molar-refractivity contribution in [2.75, 3.05) is 18.1 Å². The molecule has 1 aliphatic heterocycles. The predicted octanol–water partition coefficient (Wildman–Crippen LogP) is 2.97. The molecular weight excluding hydrogens is 190 g/mol. The second kappa shape index (κ2) is 5.82. The van der Waals surface area contributed by atoms with Crippen LogP contribution in [0.5, 0.6) is 0 Å². The number of allylic oxidation sites excluding steroid dienone is 1. The Bertz CT molecular complexity index is 194. The maximum atomic E-state index is 3.67. The van der Waals surface area contributed by atoms with Gasteiger partial charge in [-0.25, -0.2) is 0 Å². The average molecular weight is 211 g/mol. The lowest BCUT2D eigenvalue weighted by Crippen LogP contribution is -2.29. The van der Waals surface area contributed by atoms with Crippen LogP contribution in [0.1, 0.15) is 38.5 Å². The third kappa shape index (κ3) is 3.32. The van der Waals surface area contributed by atoms with Crippen LogP contribution in [0.15, 0.2) is 11.6 Å². The van der Waals surface area contributed by atoms with E-state index in [2.05, 4.69) is 23.2 Å². The van der Waals surface area contributed by atoms with Gasteiger partial charge in [0.2, 0.25) is 0 Å². The number of rotatable bonds is 4. The fraction of sp³-hybridized carbons (Fsp3) is 0.833. The molecule has 0 aromatic carbocycles. The van der Waals surface area contributed by atoms with Crippen molar-refractivity contribution in [3.05, 3.63) is 11.6 Å². The molecule has 0 bridgehead atoms. The van der Waals surface area contributed by atoms with E-state index in [1.165, 1.54) is 56.6 Å². The molecule has 1 N–H and O–H groups in total. The molecule has 0 aromatic rings. The first kappa shape index (κ1) is 10.6. The van der Waals surface area contributed by atoms with E-state index in [1.54, 1.807) is 5.57 Å². The van der Waals surface area contributed by atoms with Gasteiger partial charge in [0.25, 0.3) is 0 Å². The topological polar surface area (TPSA) is 12.0 Å². The van der Waals surface area contributed by atoms with Crippen LogP contribution in [-0.4, -0.2) is 24.1 Å². The molecule has 1 saturated heterocycles. The van der Waals surface area contributed by atoms with Gasteiger partial charge >= 0.3 is 0 Å². The van der Waals surface area contributed by atoms with Crippen molar-refractivity contribution < 1.29 is 0 Å². The molecule has 0 amide bonds. The molecule has 1 nitrogen and oxygen atoms in total. The molecule has 0 aromatic heterocycles. The fourth-order valence-electron chi connectivity index (χ4n) is 2.26. The van der Waals surface area contributed by atoms with Crippen molar-refractivity contribution in [1.29, 1.82) is 0 Å². The number of hydrogen-bond acceptors (Lipinski definition) is 2. The Hall–Kier alpha value is 0.0500. The van der Waals surface area contributed by atoms with Crippen molar-refractivity contribution in [1.82, 2.24) is 5.32 Å². The Balaban J connectivity index is 1.59. The van der Waals surface area contributed by atoms with Gasteiger partial charge in [0.05, 0.1) is 0 Å². The molecule has 1 heterocycles. The lowest BCUT2D eigenvalue weighted by Gasteiger charge is -2.15. The van der Waals surface area contributed by atoms with E-state index in [1.807, 2.05) is 0 Å². The Morgan fingerprint density at radius 1 is 1.43 bits per heavy atom. The third-order valence-electron chi connectivity index (χ3n) is 3.19. The van der Waals surface area contributed by atoms with E-state index in [9.17, 15) is 0 Å². The molecule has 1 fully saturated rings. The van der Waals surface area contributed by atoms with E-state index >= 15 is 0 Å². The summed E-state index contributed by atoms with van der Waals surface area (Å²) in [6.45, 7) is 1.21. The summed E-state index contributed by atoms with van der Waals surface area (Å²) in [5.41, 5.74) is 1.70. The molecule has 14 heavy (non-hydrogen) atoms. The number of nitrogens with one attached hydrogen (secondary N) is 1. The molecule has 2 rings (SSSR count). The van der Waals surface area contributed by atoms with Gasteiger partial charge in [-0.15, -0.1) is 0 Å². The summed E-state index contributed by atoms with van der Waals surface area (Å²) in [4.78, 5) is 0. The zero-order chi connectivity index (χ0) is 9.64. The maximum absolute atomic E-state index is 3.67. The van der Waals surface area contributed by atoms with Crippen molar-refractivity contribution in [2.45, 2.75) is 44.6 Å². The first-order chi connectivity index (χ1) is 6.95. The maximum Gasteiger partial charge on any atom is 0.0166 e. The first-order valence-corrected chi connectivity index (χ1v) is 7.09. The summed E-state index contributed by atoms with van der Waals surface area (Å²) in [6, 6.07) is 0.809. The first-order valence-electron chi connectivity index (χ1n) is 5.94. The zero-order valence-electron chi connectivity index (χ0n) is 8.93. The molecule has 2 aliphatic rings. The Labute approximate surface area is 91.7 Å². The SMILES string of the molecule is C1=C(CCN[C@@H]2CCSC2)CCCC1. The second-order valence-electron chi connectivity index (χ2n) is 4.37. The van der Waals surface area contributed by atoms with Crippen molar-refractivity contribution in [2.24, 2.45) is 0 Å². The highest BCUT2D eigenvalue weighted by Gasteiger charge is 2.14. The molecule has 1 atom stereocenters. The van der Waals surface area contributed by atoms with Crippen molar-refractivity contribution >= 4 is 11.8 Å².